The minimum Gasteiger partial charge on any atom is -0.294 e. The van der Waals surface area contributed by atoms with Crippen LogP contribution < -0.4 is 0 Å². The number of Topliss-reactive ketones (excluding diaryl/α,β-unsaturated/α-hetero) is 1. The van der Waals surface area contributed by atoms with Crippen LogP contribution in [0.3, 0.4) is 0 Å². The van der Waals surface area contributed by atoms with E-state index in [1.807, 2.05) is 30.3 Å². The van der Waals surface area contributed by atoms with E-state index in [1.165, 1.54) is 19.1 Å². The molecular formula is C16H13FO. The average molecular weight is 240 g/mol. The highest BCUT2D eigenvalue weighted by Crippen LogP contribution is 2.19. The summed E-state index contributed by atoms with van der Waals surface area (Å²) < 4.78 is 13.1. The van der Waals surface area contributed by atoms with Crippen molar-refractivity contribution in [3.63, 3.8) is 0 Å². The minimum absolute atomic E-state index is 0.0366. The Labute approximate surface area is 106 Å². The Hall–Kier alpha value is -2.22. The number of carbonyl (C=O) groups excluding carboxylic acids is 1. The molecule has 2 rings (SSSR count). The van der Waals surface area contributed by atoms with E-state index < -0.39 is 0 Å². The van der Waals surface area contributed by atoms with Crippen LogP contribution in [0.25, 0.3) is 11.6 Å². The van der Waals surface area contributed by atoms with Crippen molar-refractivity contribution in [2.45, 2.75) is 6.92 Å². The summed E-state index contributed by atoms with van der Waals surface area (Å²) in [7, 11) is 0. The van der Waals surface area contributed by atoms with Crippen molar-refractivity contribution in [3.05, 3.63) is 71.5 Å². The zero-order valence-electron chi connectivity index (χ0n) is 10.1. The lowest BCUT2D eigenvalue weighted by Crippen LogP contribution is -1.95. The molecule has 18 heavy (non-hydrogen) atoms. The maximum absolute atomic E-state index is 13.1. The van der Waals surface area contributed by atoms with Crippen molar-refractivity contribution >= 4 is 17.4 Å². The van der Waals surface area contributed by atoms with E-state index in [-0.39, 0.29) is 11.6 Å². The molecule has 0 saturated carbocycles. The molecule has 0 aliphatic rings. The Balaban J connectivity index is 2.46. The maximum Gasteiger partial charge on any atom is 0.160 e. The van der Waals surface area contributed by atoms with Crippen LogP contribution in [0, 0.1) is 5.82 Å². The van der Waals surface area contributed by atoms with Gasteiger partial charge in [0.05, 0.1) is 0 Å². The first kappa shape index (κ1) is 12.2. The first-order valence-electron chi connectivity index (χ1n) is 5.70. The lowest BCUT2D eigenvalue weighted by molar-refractivity contribution is -0.111. The van der Waals surface area contributed by atoms with Crippen molar-refractivity contribution in [2.24, 2.45) is 0 Å². The fourth-order valence-corrected chi connectivity index (χ4v) is 1.77. The lowest BCUT2D eigenvalue weighted by Gasteiger charge is -2.04. The number of rotatable bonds is 3. The highest BCUT2D eigenvalue weighted by atomic mass is 19.1. The molecule has 1 nitrogen and oxygen atoms in total. The molecule has 0 spiro atoms. The van der Waals surface area contributed by atoms with Crippen LogP contribution in [-0.4, -0.2) is 5.78 Å². The van der Waals surface area contributed by atoms with Gasteiger partial charge in [-0.15, -0.1) is 0 Å². The summed E-state index contributed by atoms with van der Waals surface area (Å²) in [6, 6.07) is 15.6. The average Bonchev–Trinajstić information content (AvgIpc) is 2.37. The number of carbonyl (C=O) groups is 1. The number of benzene rings is 2. The van der Waals surface area contributed by atoms with Crippen LogP contribution in [0.2, 0.25) is 0 Å². The second-order valence-corrected chi connectivity index (χ2v) is 4.04. The summed E-state index contributed by atoms with van der Waals surface area (Å²) in [4.78, 5) is 11.7. The Morgan fingerprint density at radius 2 is 1.78 bits per heavy atom. The third kappa shape index (κ3) is 2.92. The van der Waals surface area contributed by atoms with E-state index >= 15 is 0 Å². The van der Waals surface area contributed by atoms with Gasteiger partial charge >= 0.3 is 0 Å². The molecule has 0 amide bonds. The first-order chi connectivity index (χ1) is 8.66. The molecular weight excluding hydrogens is 227 g/mol. The SMILES string of the molecule is CC(=O)/C(=C/c1cccc(F)c1)c1ccccc1. The molecule has 0 saturated heterocycles. The molecule has 0 bridgehead atoms. The van der Waals surface area contributed by atoms with Crippen molar-refractivity contribution in [1.82, 2.24) is 0 Å². The van der Waals surface area contributed by atoms with Crippen molar-refractivity contribution in [1.29, 1.82) is 0 Å². The molecule has 0 radical (unpaired) electrons. The quantitative estimate of drug-likeness (QED) is 0.586. The second-order valence-electron chi connectivity index (χ2n) is 4.04. The monoisotopic (exact) mass is 240 g/mol. The number of hydrogen-bond acceptors (Lipinski definition) is 1. The van der Waals surface area contributed by atoms with Gasteiger partial charge in [0.15, 0.2) is 5.78 Å². The number of halogens is 1. The Kier molecular flexibility index (Phi) is 3.68. The zero-order chi connectivity index (χ0) is 13.0. The van der Waals surface area contributed by atoms with Gasteiger partial charge in [-0.25, -0.2) is 4.39 Å². The van der Waals surface area contributed by atoms with Gasteiger partial charge in [0.1, 0.15) is 5.82 Å². The van der Waals surface area contributed by atoms with Crippen LogP contribution in [0.4, 0.5) is 4.39 Å². The Morgan fingerprint density at radius 1 is 1.06 bits per heavy atom. The van der Waals surface area contributed by atoms with Gasteiger partial charge in [-0.2, -0.15) is 0 Å². The molecule has 2 heteroatoms. The molecule has 0 unspecified atom stereocenters. The maximum atomic E-state index is 13.1. The smallest absolute Gasteiger partial charge is 0.160 e. The van der Waals surface area contributed by atoms with Crippen LogP contribution in [-0.2, 0) is 4.79 Å². The minimum atomic E-state index is -0.306. The second kappa shape index (κ2) is 5.41. The number of hydrogen-bond donors (Lipinski definition) is 0. The first-order valence-corrected chi connectivity index (χ1v) is 5.70. The fraction of sp³-hybridized carbons (Fsp3) is 0.0625. The predicted molar refractivity (Wildman–Crippen MR) is 71.4 cm³/mol. The number of ketones is 1. The van der Waals surface area contributed by atoms with Crippen molar-refractivity contribution in [2.75, 3.05) is 0 Å². The molecule has 2 aromatic rings. The standard InChI is InChI=1S/C16H13FO/c1-12(18)16(14-7-3-2-4-8-14)11-13-6-5-9-15(17)10-13/h2-11H,1H3/b16-11-. The molecule has 0 atom stereocenters. The normalized spacial score (nSPS) is 11.3. The summed E-state index contributed by atoms with van der Waals surface area (Å²) in [5.41, 5.74) is 2.11. The van der Waals surface area contributed by atoms with Crippen LogP contribution in [0.15, 0.2) is 54.6 Å². The van der Waals surface area contributed by atoms with E-state index in [1.54, 1.807) is 18.2 Å². The van der Waals surface area contributed by atoms with Gasteiger partial charge in [0.25, 0.3) is 0 Å². The summed E-state index contributed by atoms with van der Waals surface area (Å²) in [6.45, 7) is 1.51. The van der Waals surface area contributed by atoms with Gasteiger partial charge in [-0.1, -0.05) is 42.5 Å². The van der Waals surface area contributed by atoms with Crippen LogP contribution >= 0.6 is 0 Å². The summed E-state index contributed by atoms with van der Waals surface area (Å²) in [6.07, 6.45) is 1.71. The van der Waals surface area contributed by atoms with Gasteiger partial charge in [-0.3, -0.25) is 4.79 Å². The van der Waals surface area contributed by atoms with E-state index in [0.717, 1.165) is 5.56 Å². The molecule has 0 N–H and O–H groups in total. The summed E-state index contributed by atoms with van der Waals surface area (Å²) in [5.74, 6) is -0.342. The topological polar surface area (TPSA) is 17.1 Å². The molecule has 0 fully saturated rings. The van der Waals surface area contributed by atoms with Gasteiger partial charge in [0.2, 0.25) is 0 Å². The lowest BCUT2D eigenvalue weighted by atomic mass is 10.00. The fourth-order valence-electron chi connectivity index (χ4n) is 1.77. The summed E-state index contributed by atoms with van der Waals surface area (Å²) in [5, 5.41) is 0. The molecule has 0 aliphatic heterocycles. The third-order valence-electron chi connectivity index (χ3n) is 2.62. The van der Waals surface area contributed by atoms with E-state index in [4.69, 9.17) is 0 Å². The Bertz CT molecular complexity index is 585. The van der Waals surface area contributed by atoms with E-state index in [2.05, 4.69) is 0 Å². The largest absolute Gasteiger partial charge is 0.294 e. The highest BCUT2D eigenvalue weighted by molar-refractivity contribution is 6.24. The highest BCUT2D eigenvalue weighted by Gasteiger charge is 2.06. The Morgan fingerprint density at radius 3 is 2.39 bits per heavy atom. The van der Waals surface area contributed by atoms with Crippen molar-refractivity contribution in [3.8, 4) is 0 Å². The van der Waals surface area contributed by atoms with Gasteiger partial charge < -0.3 is 0 Å². The number of allylic oxidation sites excluding steroid dienone is 1. The van der Waals surface area contributed by atoms with Gasteiger partial charge in [0, 0.05) is 5.57 Å². The van der Waals surface area contributed by atoms with Crippen LogP contribution in [0.1, 0.15) is 18.1 Å². The molecule has 0 aromatic heterocycles. The van der Waals surface area contributed by atoms with E-state index in [0.29, 0.717) is 11.1 Å². The molecule has 2 aromatic carbocycles. The molecule has 0 aliphatic carbocycles. The third-order valence-corrected chi connectivity index (χ3v) is 2.62. The zero-order valence-corrected chi connectivity index (χ0v) is 10.1. The van der Waals surface area contributed by atoms with Gasteiger partial charge in [-0.05, 0) is 36.3 Å². The van der Waals surface area contributed by atoms with Crippen molar-refractivity contribution < 1.29 is 9.18 Å². The molecule has 0 heterocycles. The molecule has 90 valence electrons. The van der Waals surface area contributed by atoms with Crippen LogP contribution in [0.5, 0.6) is 0 Å². The summed E-state index contributed by atoms with van der Waals surface area (Å²) >= 11 is 0. The van der Waals surface area contributed by atoms with E-state index in [9.17, 15) is 9.18 Å². The predicted octanol–water partition coefficient (Wildman–Crippen LogP) is 3.96.